The van der Waals surface area contributed by atoms with Gasteiger partial charge in [0.2, 0.25) is 5.91 Å². The van der Waals surface area contributed by atoms with E-state index in [1.807, 2.05) is 24.3 Å². The lowest BCUT2D eigenvalue weighted by Crippen LogP contribution is -2.32. The van der Waals surface area contributed by atoms with E-state index in [0.717, 1.165) is 11.3 Å². The summed E-state index contributed by atoms with van der Waals surface area (Å²) in [6.07, 6.45) is 0.612. The van der Waals surface area contributed by atoms with E-state index in [1.54, 1.807) is 0 Å². The Hall–Kier alpha value is -2.07. The number of para-hydroxylation sites is 1. The number of hydrogen-bond donors (Lipinski definition) is 1. The third-order valence-electron chi connectivity index (χ3n) is 3.44. The van der Waals surface area contributed by atoms with Crippen LogP contribution in [0, 0.1) is 11.7 Å². The molecule has 5 heteroatoms. The largest absolute Gasteiger partial charge is 0.492 e. The molecule has 3 nitrogen and oxygen atoms in total. The molecule has 1 N–H and O–H groups in total. The van der Waals surface area contributed by atoms with Gasteiger partial charge in [0.15, 0.2) is 0 Å². The Kier molecular flexibility index (Phi) is 3.80. The minimum atomic E-state index is -0.437. The molecule has 3 rings (SSSR count). The summed E-state index contributed by atoms with van der Waals surface area (Å²) in [6, 6.07) is 11.5. The number of carbonyl (C=O) groups is 1. The molecule has 2 aromatic carbocycles. The molecule has 1 aliphatic heterocycles. The van der Waals surface area contributed by atoms with Crippen molar-refractivity contribution in [3.8, 4) is 5.75 Å². The van der Waals surface area contributed by atoms with Crippen LogP contribution < -0.4 is 10.1 Å². The molecule has 2 aromatic rings. The molecule has 108 valence electrons. The maximum Gasteiger partial charge on any atom is 0.231 e. The van der Waals surface area contributed by atoms with Gasteiger partial charge in [-0.1, -0.05) is 29.8 Å². The predicted octanol–water partition coefficient (Wildman–Crippen LogP) is 3.67. The lowest BCUT2D eigenvalue weighted by Gasteiger charge is -2.24. The Balaban J connectivity index is 1.72. The fourth-order valence-corrected chi connectivity index (χ4v) is 2.54. The Labute approximate surface area is 126 Å². The lowest BCUT2D eigenvalue weighted by molar-refractivity contribution is -0.121. The number of nitrogens with one attached hydrogen (secondary N) is 1. The average Bonchev–Trinajstić information content (AvgIpc) is 2.49. The second-order valence-electron chi connectivity index (χ2n) is 4.93. The zero-order valence-electron chi connectivity index (χ0n) is 11.1. The highest BCUT2D eigenvalue weighted by atomic mass is 35.5. The van der Waals surface area contributed by atoms with E-state index in [2.05, 4.69) is 5.32 Å². The van der Waals surface area contributed by atoms with Crippen molar-refractivity contribution in [3.63, 3.8) is 0 Å². The normalized spacial score (nSPS) is 16.8. The fourth-order valence-electron chi connectivity index (χ4n) is 2.32. The van der Waals surface area contributed by atoms with Crippen molar-refractivity contribution in [2.24, 2.45) is 5.92 Å². The molecule has 0 saturated carbocycles. The molecule has 0 aliphatic carbocycles. The van der Waals surface area contributed by atoms with Crippen LogP contribution in [-0.4, -0.2) is 12.5 Å². The number of fused-ring (bicyclic) bond motifs is 1. The van der Waals surface area contributed by atoms with Gasteiger partial charge in [0.1, 0.15) is 18.2 Å². The number of halogens is 2. The second kappa shape index (κ2) is 5.74. The molecule has 1 amide bonds. The maximum absolute atomic E-state index is 13.0. The first-order valence-corrected chi connectivity index (χ1v) is 6.98. The van der Waals surface area contributed by atoms with Crippen LogP contribution in [0.4, 0.5) is 10.1 Å². The van der Waals surface area contributed by atoms with Crippen LogP contribution in [0.25, 0.3) is 0 Å². The van der Waals surface area contributed by atoms with Crippen molar-refractivity contribution >= 4 is 23.2 Å². The first-order chi connectivity index (χ1) is 10.1. The number of amides is 1. The topological polar surface area (TPSA) is 38.3 Å². The average molecular weight is 306 g/mol. The van der Waals surface area contributed by atoms with Gasteiger partial charge in [0, 0.05) is 0 Å². The molecule has 0 saturated heterocycles. The minimum Gasteiger partial charge on any atom is -0.492 e. The number of benzene rings is 2. The maximum atomic E-state index is 13.0. The van der Waals surface area contributed by atoms with E-state index in [0.29, 0.717) is 18.7 Å². The van der Waals surface area contributed by atoms with Crippen molar-refractivity contribution in [1.29, 1.82) is 0 Å². The number of anilines is 1. The first-order valence-electron chi connectivity index (χ1n) is 6.60. The highest BCUT2D eigenvalue weighted by molar-refractivity contribution is 6.33. The zero-order valence-corrected chi connectivity index (χ0v) is 11.9. The van der Waals surface area contributed by atoms with E-state index in [9.17, 15) is 9.18 Å². The van der Waals surface area contributed by atoms with Crippen LogP contribution in [0.3, 0.4) is 0 Å². The molecule has 0 radical (unpaired) electrons. The van der Waals surface area contributed by atoms with Gasteiger partial charge in [-0.3, -0.25) is 4.79 Å². The van der Waals surface area contributed by atoms with Gasteiger partial charge in [-0.25, -0.2) is 4.39 Å². The van der Waals surface area contributed by atoms with E-state index < -0.39 is 5.82 Å². The third kappa shape index (κ3) is 3.00. The van der Waals surface area contributed by atoms with Crippen molar-refractivity contribution < 1.29 is 13.9 Å². The summed E-state index contributed by atoms with van der Waals surface area (Å²) < 4.78 is 18.6. The minimum absolute atomic E-state index is 0.181. The smallest absolute Gasteiger partial charge is 0.231 e. The van der Waals surface area contributed by atoms with Gasteiger partial charge in [-0.15, -0.1) is 0 Å². The van der Waals surface area contributed by atoms with Crippen LogP contribution in [0.1, 0.15) is 5.56 Å². The molecule has 1 atom stereocenters. The van der Waals surface area contributed by atoms with Crippen LogP contribution in [0.2, 0.25) is 5.02 Å². The Morgan fingerprint density at radius 1 is 1.29 bits per heavy atom. The van der Waals surface area contributed by atoms with Crippen molar-refractivity contribution in [2.75, 3.05) is 11.9 Å². The van der Waals surface area contributed by atoms with Crippen LogP contribution in [-0.2, 0) is 11.2 Å². The molecular formula is C16H13ClFNO2. The predicted molar refractivity (Wildman–Crippen MR) is 79.2 cm³/mol. The molecule has 0 bridgehead atoms. The quantitative estimate of drug-likeness (QED) is 0.919. The number of carbonyl (C=O) groups excluding carboxylic acids is 1. The highest BCUT2D eigenvalue weighted by Gasteiger charge is 2.26. The van der Waals surface area contributed by atoms with E-state index in [1.165, 1.54) is 18.2 Å². The third-order valence-corrected chi connectivity index (χ3v) is 3.75. The van der Waals surface area contributed by atoms with Crippen LogP contribution >= 0.6 is 11.6 Å². The molecule has 1 heterocycles. The van der Waals surface area contributed by atoms with Gasteiger partial charge < -0.3 is 10.1 Å². The van der Waals surface area contributed by atoms with E-state index in [-0.39, 0.29) is 16.8 Å². The van der Waals surface area contributed by atoms with Gasteiger partial charge in [-0.05, 0) is 36.2 Å². The summed E-state index contributed by atoms with van der Waals surface area (Å²) in [5.74, 6) is -0.0895. The number of ether oxygens (including phenoxy) is 1. The number of rotatable bonds is 2. The summed E-state index contributed by atoms with van der Waals surface area (Å²) in [6.45, 7) is 0.321. The summed E-state index contributed by atoms with van der Waals surface area (Å²) in [7, 11) is 0. The molecule has 0 fully saturated rings. The first kappa shape index (κ1) is 13.9. The number of hydrogen-bond acceptors (Lipinski definition) is 2. The zero-order chi connectivity index (χ0) is 14.8. The lowest BCUT2D eigenvalue weighted by atomic mass is 9.96. The monoisotopic (exact) mass is 305 g/mol. The van der Waals surface area contributed by atoms with E-state index in [4.69, 9.17) is 16.3 Å². The van der Waals surface area contributed by atoms with Gasteiger partial charge in [0.25, 0.3) is 0 Å². The Morgan fingerprint density at radius 3 is 2.90 bits per heavy atom. The van der Waals surface area contributed by atoms with Crippen molar-refractivity contribution in [1.82, 2.24) is 0 Å². The molecule has 21 heavy (non-hydrogen) atoms. The van der Waals surface area contributed by atoms with Gasteiger partial charge >= 0.3 is 0 Å². The molecular weight excluding hydrogens is 293 g/mol. The molecule has 0 spiro atoms. The van der Waals surface area contributed by atoms with E-state index >= 15 is 0 Å². The standard InChI is InChI=1S/C16H13ClFNO2/c17-13-8-12(18)5-6-14(13)19-16(20)11-7-10-3-1-2-4-15(10)21-9-11/h1-6,8,11H,7,9H2,(H,19,20)/t11-/m0/s1. The summed E-state index contributed by atoms with van der Waals surface area (Å²) in [5, 5.41) is 2.90. The SMILES string of the molecule is O=C(Nc1ccc(F)cc1Cl)[C@@H]1COc2ccccc2C1. The fraction of sp³-hybridized carbons (Fsp3) is 0.188. The summed E-state index contributed by atoms with van der Waals surface area (Å²) in [4.78, 5) is 12.3. The van der Waals surface area contributed by atoms with Crippen molar-refractivity contribution in [2.45, 2.75) is 6.42 Å². The highest BCUT2D eigenvalue weighted by Crippen LogP contribution is 2.28. The van der Waals surface area contributed by atoms with Crippen LogP contribution in [0.5, 0.6) is 5.75 Å². The Bertz CT molecular complexity index is 690. The van der Waals surface area contributed by atoms with Gasteiger partial charge in [-0.2, -0.15) is 0 Å². The summed E-state index contributed by atoms with van der Waals surface area (Å²) >= 11 is 5.91. The van der Waals surface area contributed by atoms with Crippen LogP contribution in [0.15, 0.2) is 42.5 Å². The molecule has 0 unspecified atom stereocenters. The van der Waals surface area contributed by atoms with Crippen molar-refractivity contribution in [3.05, 3.63) is 58.9 Å². The van der Waals surface area contributed by atoms with Gasteiger partial charge in [0.05, 0.1) is 16.6 Å². The molecule has 0 aromatic heterocycles. The second-order valence-corrected chi connectivity index (χ2v) is 5.34. The molecule has 1 aliphatic rings. The Morgan fingerprint density at radius 2 is 2.10 bits per heavy atom. The summed E-state index contributed by atoms with van der Waals surface area (Å²) in [5.41, 5.74) is 1.41.